The van der Waals surface area contributed by atoms with E-state index in [4.69, 9.17) is 9.84 Å². The van der Waals surface area contributed by atoms with Crippen molar-refractivity contribution in [1.82, 2.24) is 10.2 Å². The minimum absolute atomic E-state index is 0.0368. The Bertz CT molecular complexity index is 418. The minimum Gasteiger partial charge on any atom is -0.479 e. The molecule has 0 aromatic carbocycles. The first-order valence-corrected chi connectivity index (χ1v) is 7.47. The van der Waals surface area contributed by atoms with Crippen LogP contribution < -0.4 is 5.32 Å². The number of rotatable bonds is 4. The van der Waals surface area contributed by atoms with E-state index in [1.807, 2.05) is 6.92 Å². The van der Waals surface area contributed by atoms with Gasteiger partial charge in [-0.2, -0.15) is 0 Å². The Hall–Kier alpha value is -1.63. The highest BCUT2D eigenvalue weighted by atomic mass is 16.5. The summed E-state index contributed by atoms with van der Waals surface area (Å²) in [5, 5.41) is 11.7. The molecule has 0 aromatic heterocycles. The number of carbonyl (C=O) groups excluding carboxylic acids is 2. The summed E-state index contributed by atoms with van der Waals surface area (Å²) in [5.41, 5.74) is 0. The van der Waals surface area contributed by atoms with Crippen molar-refractivity contribution in [2.45, 2.75) is 44.8 Å². The van der Waals surface area contributed by atoms with Crippen LogP contribution >= 0.6 is 0 Å². The van der Waals surface area contributed by atoms with Gasteiger partial charge in [-0.3, -0.25) is 9.59 Å². The summed E-state index contributed by atoms with van der Waals surface area (Å²) in [5.74, 6) is -1.15. The Morgan fingerprint density at radius 2 is 1.76 bits per heavy atom. The molecule has 21 heavy (non-hydrogen) atoms. The molecule has 2 rings (SSSR count). The van der Waals surface area contributed by atoms with Gasteiger partial charge in [-0.05, 0) is 32.6 Å². The van der Waals surface area contributed by atoms with Crippen LogP contribution in [0.2, 0.25) is 0 Å². The number of nitrogens with zero attached hydrogens (tertiary/aromatic N) is 1. The predicted molar refractivity (Wildman–Crippen MR) is 73.5 cm³/mol. The molecule has 0 radical (unpaired) electrons. The molecule has 0 saturated carbocycles. The SMILES string of the molecule is CCNC(=O)C1CCN(C(=O)C2CCC(C(=O)O)O2)CC1. The highest BCUT2D eigenvalue weighted by molar-refractivity contribution is 5.83. The third-order valence-electron chi connectivity index (χ3n) is 4.10. The molecule has 7 heteroatoms. The van der Waals surface area contributed by atoms with E-state index in [1.165, 1.54) is 0 Å². The fourth-order valence-electron chi connectivity index (χ4n) is 2.88. The number of hydrogen-bond donors (Lipinski definition) is 2. The largest absolute Gasteiger partial charge is 0.479 e. The predicted octanol–water partition coefficient (Wildman–Crippen LogP) is -0.00670. The third kappa shape index (κ3) is 3.72. The summed E-state index contributed by atoms with van der Waals surface area (Å²) in [6.07, 6.45) is 0.603. The van der Waals surface area contributed by atoms with Crippen LogP contribution in [-0.2, 0) is 19.1 Å². The number of piperidine rings is 1. The van der Waals surface area contributed by atoms with Gasteiger partial charge < -0.3 is 20.1 Å². The fraction of sp³-hybridized carbons (Fsp3) is 0.786. The maximum Gasteiger partial charge on any atom is 0.332 e. The number of carbonyl (C=O) groups is 3. The van der Waals surface area contributed by atoms with E-state index in [0.717, 1.165) is 0 Å². The lowest BCUT2D eigenvalue weighted by Gasteiger charge is -2.32. The number of hydrogen-bond acceptors (Lipinski definition) is 4. The summed E-state index contributed by atoms with van der Waals surface area (Å²) in [6.45, 7) is 3.55. The van der Waals surface area contributed by atoms with Gasteiger partial charge >= 0.3 is 5.97 Å². The summed E-state index contributed by atoms with van der Waals surface area (Å²) in [6, 6.07) is 0. The topological polar surface area (TPSA) is 95.9 Å². The Morgan fingerprint density at radius 1 is 1.14 bits per heavy atom. The summed E-state index contributed by atoms with van der Waals surface area (Å²) in [4.78, 5) is 36.5. The number of aliphatic carboxylic acids is 1. The van der Waals surface area contributed by atoms with Gasteiger partial charge in [0, 0.05) is 25.6 Å². The number of carboxylic acids is 1. The average Bonchev–Trinajstić information content (AvgIpc) is 2.97. The Balaban J connectivity index is 1.81. The van der Waals surface area contributed by atoms with Gasteiger partial charge in [0.15, 0.2) is 6.10 Å². The standard InChI is InChI=1S/C14H22N2O5/c1-2-15-12(17)9-5-7-16(8-6-9)13(18)10-3-4-11(21-10)14(19)20/h9-11H,2-8H2,1H3,(H,15,17)(H,19,20). The lowest BCUT2D eigenvalue weighted by atomic mass is 9.95. The lowest BCUT2D eigenvalue weighted by molar-refractivity contribution is -0.155. The Kier molecular flexibility index (Phi) is 5.17. The number of nitrogens with one attached hydrogen (secondary N) is 1. The zero-order valence-corrected chi connectivity index (χ0v) is 12.2. The third-order valence-corrected chi connectivity index (χ3v) is 4.10. The van der Waals surface area contributed by atoms with Gasteiger partial charge in [-0.25, -0.2) is 4.79 Å². The van der Waals surface area contributed by atoms with Gasteiger partial charge in [0.25, 0.3) is 5.91 Å². The molecule has 2 unspecified atom stereocenters. The molecule has 2 amide bonds. The van der Waals surface area contributed by atoms with E-state index in [9.17, 15) is 14.4 Å². The van der Waals surface area contributed by atoms with E-state index >= 15 is 0 Å². The Labute approximate surface area is 123 Å². The van der Waals surface area contributed by atoms with Crippen LogP contribution in [0.3, 0.4) is 0 Å². The maximum atomic E-state index is 12.3. The first-order valence-electron chi connectivity index (χ1n) is 7.47. The van der Waals surface area contributed by atoms with Gasteiger partial charge in [-0.15, -0.1) is 0 Å². The molecule has 0 aliphatic carbocycles. The summed E-state index contributed by atoms with van der Waals surface area (Å²) >= 11 is 0. The van der Waals surface area contributed by atoms with E-state index in [0.29, 0.717) is 45.3 Å². The maximum absolute atomic E-state index is 12.3. The number of carboxylic acid groups (broad SMARTS) is 1. The van der Waals surface area contributed by atoms with E-state index in [2.05, 4.69) is 5.32 Å². The van der Waals surface area contributed by atoms with Gasteiger partial charge in [0.05, 0.1) is 0 Å². The van der Waals surface area contributed by atoms with Crippen molar-refractivity contribution in [2.75, 3.05) is 19.6 Å². The molecular weight excluding hydrogens is 276 g/mol. The van der Waals surface area contributed by atoms with Crippen molar-refractivity contribution < 1.29 is 24.2 Å². The molecule has 2 aliphatic rings. The molecule has 7 nitrogen and oxygen atoms in total. The normalized spacial score (nSPS) is 26.6. The van der Waals surface area contributed by atoms with Crippen LogP contribution in [0.15, 0.2) is 0 Å². The molecule has 2 N–H and O–H groups in total. The molecule has 2 atom stereocenters. The van der Waals surface area contributed by atoms with Gasteiger partial charge in [-0.1, -0.05) is 0 Å². The Morgan fingerprint density at radius 3 is 2.29 bits per heavy atom. The summed E-state index contributed by atoms with van der Waals surface area (Å²) < 4.78 is 5.28. The van der Waals surface area contributed by atoms with Crippen LogP contribution in [0.25, 0.3) is 0 Å². The van der Waals surface area contributed by atoms with Crippen LogP contribution in [0.1, 0.15) is 32.6 Å². The second kappa shape index (κ2) is 6.89. The van der Waals surface area contributed by atoms with Gasteiger partial charge in [0.1, 0.15) is 6.10 Å². The molecule has 118 valence electrons. The second-order valence-corrected chi connectivity index (χ2v) is 5.52. The van der Waals surface area contributed by atoms with Crippen molar-refractivity contribution in [2.24, 2.45) is 5.92 Å². The lowest BCUT2D eigenvalue weighted by Crippen LogP contribution is -2.46. The highest BCUT2D eigenvalue weighted by Crippen LogP contribution is 2.24. The molecule has 2 heterocycles. The number of amides is 2. The molecule has 2 fully saturated rings. The number of ether oxygens (including phenoxy) is 1. The first-order chi connectivity index (χ1) is 10.0. The zero-order valence-electron chi connectivity index (χ0n) is 12.2. The zero-order chi connectivity index (χ0) is 15.4. The molecule has 0 bridgehead atoms. The molecule has 2 aliphatic heterocycles. The quantitative estimate of drug-likeness (QED) is 0.761. The van der Waals surface area contributed by atoms with E-state index in [-0.39, 0.29) is 17.7 Å². The van der Waals surface area contributed by atoms with E-state index in [1.54, 1.807) is 4.90 Å². The highest BCUT2D eigenvalue weighted by Gasteiger charge is 2.38. The average molecular weight is 298 g/mol. The fourth-order valence-corrected chi connectivity index (χ4v) is 2.88. The molecule has 2 saturated heterocycles. The van der Waals surface area contributed by atoms with Crippen molar-refractivity contribution >= 4 is 17.8 Å². The van der Waals surface area contributed by atoms with Gasteiger partial charge in [0.2, 0.25) is 5.91 Å². The van der Waals surface area contributed by atoms with Crippen LogP contribution in [0, 0.1) is 5.92 Å². The summed E-state index contributed by atoms with van der Waals surface area (Å²) in [7, 11) is 0. The molecular formula is C14H22N2O5. The number of likely N-dealkylation sites (tertiary alicyclic amines) is 1. The van der Waals surface area contributed by atoms with Crippen molar-refractivity contribution in [3.63, 3.8) is 0 Å². The first kappa shape index (κ1) is 15.8. The monoisotopic (exact) mass is 298 g/mol. The van der Waals surface area contributed by atoms with Crippen molar-refractivity contribution in [1.29, 1.82) is 0 Å². The molecule has 0 aromatic rings. The van der Waals surface area contributed by atoms with Crippen LogP contribution in [-0.4, -0.2) is 59.6 Å². The van der Waals surface area contributed by atoms with Crippen LogP contribution in [0.4, 0.5) is 0 Å². The van der Waals surface area contributed by atoms with Crippen molar-refractivity contribution in [3.8, 4) is 0 Å². The van der Waals surface area contributed by atoms with Crippen LogP contribution in [0.5, 0.6) is 0 Å². The van der Waals surface area contributed by atoms with E-state index < -0.39 is 18.2 Å². The molecule has 0 spiro atoms. The van der Waals surface area contributed by atoms with Crippen molar-refractivity contribution in [3.05, 3.63) is 0 Å². The minimum atomic E-state index is -1.01. The smallest absolute Gasteiger partial charge is 0.332 e. The second-order valence-electron chi connectivity index (χ2n) is 5.52.